The Labute approximate surface area is 149 Å². The van der Waals surface area contributed by atoms with Crippen LogP contribution in [0.3, 0.4) is 0 Å². The highest BCUT2D eigenvalue weighted by molar-refractivity contribution is 6.30. The molecule has 9 heteroatoms. The first-order chi connectivity index (χ1) is 11.5. The average molecular weight is 373 g/mol. The van der Waals surface area contributed by atoms with Gasteiger partial charge in [0.05, 0.1) is 12.6 Å². The fourth-order valence-corrected chi connectivity index (χ4v) is 2.97. The van der Waals surface area contributed by atoms with Gasteiger partial charge in [0, 0.05) is 9.93 Å². The number of azide groups is 1. The highest BCUT2D eigenvalue weighted by Crippen LogP contribution is 2.37. The molecule has 0 unspecified atom stereocenters. The van der Waals surface area contributed by atoms with Crippen molar-refractivity contribution in [2.45, 2.75) is 50.8 Å². The summed E-state index contributed by atoms with van der Waals surface area (Å²) >= 11 is 5.93. The molecule has 0 aromatic heterocycles. The zero-order valence-corrected chi connectivity index (χ0v) is 14.9. The zero-order valence-electron chi connectivity index (χ0n) is 14.1. The number of rotatable bonds is 3. The molecule has 2 atom stereocenters. The number of nitrogens with zero attached hydrogens (tertiary/aromatic N) is 4. The fraction of sp³-hybridized carbons (Fsp3) is 0.562. The first-order valence-corrected chi connectivity index (χ1v) is 8.07. The van der Waals surface area contributed by atoms with E-state index in [9.17, 15) is 13.6 Å². The van der Waals surface area contributed by atoms with Gasteiger partial charge >= 0.3 is 6.09 Å². The third-order valence-electron chi connectivity index (χ3n) is 3.72. The SMILES string of the molecule is CC(C)(C)OC(=O)N1CC(F)(F)[C@H](N=[N+]=[N-])[C@@H]1Cc1cccc(Cl)c1. The van der Waals surface area contributed by atoms with Crippen molar-refractivity contribution in [3.63, 3.8) is 0 Å². The second-order valence-corrected chi connectivity index (χ2v) is 7.36. The number of carbonyl (C=O) groups is 1. The Morgan fingerprint density at radius 1 is 1.52 bits per heavy atom. The molecule has 1 fully saturated rings. The molecule has 1 saturated heterocycles. The van der Waals surface area contributed by atoms with Crippen LogP contribution in [0, 0.1) is 0 Å². The van der Waals surface area contributed by atoms with E-state index in [0.717, 1.165) is 4.90 Å². The lowest BCUT2D eigenvalue weighted by Gasteiger charge is -2.29. The van der Waals surface area contributed by atoms with Crippen LogP contribution in [0.5, 0.6) is 0 Å². The molecule has 1 amide bonds. The number of likely N-dealkylation sites (tertiary alicyclic amines) is 1. The molecule has 0 radical (unpaired) electrons. The number of benzene rings is 1. The van der Waals surface area contributed by atoms with Gasteiger partial charge in [0.1, 0.15) is 11.6 Å². The van der Waals surface area contributed by atoms with Gasteiger partial charge in [-0.05, 0) is 50.4 Å². The van der Waals surface area contributed by atoms with Crippen molar-refractivity contribution >= 4 is 17.7 Å². The van der Waals surface area contributed by atoms with Gasteiger partial charge < -0.3 is 4.74 Å². The van der Waals surface area contributed by atoms with E-state index in [1.165, 1.54) is 0 Å². The molecule has 0 saturated carbocycles. The van der Waals surface area contributed by atoms with Gasteiger partial charge in [-0.2, -0.15) is 0 Å². The van der Waals surface area contributed by atoms with Crippen LogP contribution in [0.4, 0.5) is 13.6 Å². The number of carbonyl (C=O) groups excluding carboxylic acids is 1. The Morgan fingerprint density at radius 2 is 2.20 bits per heavy atom. The second kappa shape index (κ2) is 7.06. The summed E-state index contributed by atoms with van der Waals surface area (Å²) in [7, 11) is 0. The summed E-state index contributed by atoms with van der Waals surface area (Å²) in [5.74, 6) is -3.34. The molecule has 2 rings (SSSR count). The summed E-state index contributed by atoms with van der Waals surface area (Å²) in [6.45, 7) is 4.08. The normalized spacial score (nSPS) is 22.4. The highest BCUT2D eigenvalue weighted by atomic mass is 35.5. The van der Waals surface area contributed by atoms with Crippen LogP contribution >= 0.6 is 11.6 Å². The van der Waals surface area contributed by atoms with E-state index in [-0.39, 0.29) is 6.42 Å². The molecule has 0 spiro atoms. The van der Waals surface area contributed by atoms with Crippen LogP contribution in [-0.4, -0.2) is 41.1 Å². The van der Waals surface area contributed by atoms with E-state index in [0.29, 0.717) is 10.6 Å². The molecule has 136 valence electrons. The maximum Gasteiger partial charge on any atom is 0.410 e. The average Bonchev–Trinajstić information content (AvgIpc) is 2.70. The summed E-state index contributed by atoms with van der Waals surface area (Å²) in [5, 5.41) is 3.70. The molecule has 1 aromatic carbocycles. The molecular formula is C16H19ClF2N4O2. The third-order valence-corrected chi connectivity index (χ3v) is 3.95. The van der Waals surface area contributed by atoms with Crippen LogP contribution in [-0.2, 0) is 11.2 Å². The van der Waals surface area contributed by atoms with E-state index in [1.807, 2.05) is 0 Å². The van der Waals surface area contributed by atoms with E-state index < -0.39 is 36.2 Å². The predicted octanol–water partition coefficient (Wildman–Crippen LogP) is 4.82. The minimum atomic E-state index is -3.34. The smallest absolute Gasteiger partial charge is 0.410 e. The zero-order chi connectivity index (χ0) is 18.8. The van der Waals surface area contributed by atoms with Crippen molar-refractivity contribution in [3.05, 3.63) is 45.3 Å². The number of alkyl halides is 2. The molecule has 0 bridgehead atoms. The lowest BCUT2D eigenvalue weighted by atomic mass is 9.99. The van der Waals surface area contributed by atoms with Crippen LogP contribution < -0.4 is 0 Å². The highest BCUT2D eigenvalue weighted by Gasteiger charge is 2.56. The monoisotopic (exact) mass is 372 g/mol. The predicted molar refractivity (Wildman–Crippen MR) is 89.8 cm³/mol. The maximum absolute atomic E-state index is 14.3. The number of amides is 1. The second-order valence-electron chi connectivity index (χ2n) is 6.92. The number of halogens is 3. The van der Waals surface area contributed by atoms with Crippen LogP contribution in [0.2, 0.25) is 5.02 Å². The van der Waals surface area contributed by atoms with Crippen molar-refractivity contribution in [1.29, 1.82) is 0 Å². The molecular weight excluding hydrogens is 354 g/mol. The Balaban J connectivity index is 2.35. The Bertz CT molecular complexity index is 702. The lowest BCUT2D eigenvalue weighted by molar-refractivity contribution is -0.00932. The fourth-order valence-electron chi connectivity index (χ4n) is 2.75. The molecule has 1 aromatic rings. The van der Waals surface area contributed by atoms with Crippen LogP contribution in [0.1, 0.15) is 26.3 Å². The van der Waals surface area contributed by atoms with Gasteiger partial charge in [-0.3, -0.25) is 4.90 Å². The topological polar surface area (TPSA) is 78.3 Å². The van der Waals surface area contributed by atoms with E-state index in [4.69, 9.17) is 21.9 Å². The van der Waals surface area contributed by atoms with Gasteiger partial charge in [-0.15, -0.1) is 0 Å². The van der Waals surface area contributed by atoms with Crippen molar-refractivity contribution in [2.24, 2.45) is 5.11 Å². The Kier molecular flexibility index (Phi) is 5.44. The van der Waals surface area contributed by atoms with E-state index >= 15 is 0 Å². The van der Waals surface area contributed by atoms with Crippen molar-refractivity contribution < 1.29 is 18.3 Å². The summed E-state index contributed by atoms with van der Waals surface area (Å²) in [6, 6.07) is 3.97. The van der Waals surface area contributed by atoms with Crippen LogP contribution in [0.25, 0.3) is 10.4 Å². The molecule has 25 heavy (non-hydrogen) atoms. The van der Waals surface area contributed by atoms with Crippen molar-refractivity contribution in [2.75, 3.05) is 6.54 Å². The standard InChI is InChI=1S/C16H19ClF2N4O2/c1-15(2,3)25-14(24)23-9-16(18,19)13(21-22-20)12(23)8-10-5-4-6-11(17)7-10/h4-7,12-13H,8-9H2,1-3H3/t12-,13+/m0/s1. The molecule has 1 heterocycles. The maximum atomic E-state index is 14.3. The minimum Gasteiger partial charge on any atom is -0.444 e. The van der Waals surface area contributed by atoms with Crippen molar-refractivity contribution in [1.82, 2.24) is 4.90 Å². The van der Waals surface area contributed by atoms with Gasteiger partial charge in [-0.1, -0.05) is 28.8 Å². The summed E-state index contributed by atoms with van der Waals surface area (Å²) in [5.41, 5.74) is 8.49. The Hall–Kier alpha value is -2.05. The lowest BCUT2D eigenvalue weighted by Crippen LogP contribution is -2.43. The van der Waals surface area contributed by atoms with E-state index in [2.05, 4.69) is 10.0 Å². The summed E-state index contributed by atoms with van der Waals surface area (Å²) < 4.78 is 33.9. The van der Waals surface area contributed by atoms with Crippen molar-refractivity contribution in [3.8, 4) is 0 Å². The van der Waals surface area contributed by atoms with Gasteiger partial charge in [-0.25, -0.2) is 13.6 Å². The van der Waals surface area contributed by atoms with Gasteiger partial charge in [0.2, 0.25) is 0 Å². The van der Waals surface area contributed by atoms with Crippen LogP contribution in [0.15, 0.2) is 29.4 Å². The van der Waals surface area contributed by atoms with Gasteiger partial charge in [0.15, 0.2) is 0 Å². The Morgan fingerprint density at radius 3 is 2.76 bits per heavy atom. The number of hydrogen-bond donors (Lipinski definition) is 0. The molecule has 0 N–H and O–H groups in total. The molecule has 6 nitrogen and oxygen atoms in total. The summed E-state index contributed by atoms with van der Waals surface area (Å²) in [4.78, 5) is 15.8. The molecule has 0 aliphatic carbocycles. The largest absolute Gasteiger partial charge is 0.444 e. The van der Waals surface area contributed by atoms with Gasteiger partial charge in [0.25, 0.3) is 5.92 Å². The quantitative estimate of drug-likeness (QED) is 0.433. The molecule has 1 aliphatic heterocycles. The third kappa shape index (κ3) is 4.74. The minimum absolute atomic E-state index is 0.0685. The first-order valence-electron chi connectivity index (χ1n) is 7.69. The first kappa shape index (κ1) is 19.3. The number of hydrogen-bond acceptors (Lipinski definition) is 3. The van der Waals surface area contributed by atoms with E-state index in [1.54, 1.807) is 45.0 Å². The summed E-state index contributed by atoms with van der Waals surface area (Å²) in [6.07, 6.45) is -0.797. The molecule has 1 aliphatic rings. The number of ether oxygens (including phenoxy) is 1.